The molecule has 0 radical (unpaired) electrons. The van der Waals surface area contributed by atoms with E-state index >= 15 is 4.79 Å². The van der Waals surface area contributed by atoms with Crippen molar-refractivity contribution < 1.29 is 28.7 Å². The summed E-state index contributed by atoms with van der Waals surface area (Å²) >= 11 is 8.58. The number of hydrazine groups is 1. The summed E-state index contributed by atoms with van der Waals surface area (Å²) in [7, 11) is 0. The van der Waals surface area contributed by atoms with E-state index in [1.165, 1.54) is 29.2 Å². The van der Waals surface area contributed by atoms with Gasteiger partial charge in [0, 0.05) is 19.9 Å². The van der Waals surface area contributed by atoms with Crippen molar-refractivity contribution in [3.63, 3.8) is 0 Å². The van der Waals surface area contributed by atoms with Gasteiger partial charge in [-0.05, 0) is 125 Å². The number of hydrogen-bond acceptors (Lipinski definition) is 6. The Morgan fingerprint density at radius 2 is 1.49 bits per heavy atom. The Balaban J connectivity index is 1.28. The van der Waals surface area contributed by atoms with E-state index in [0.717, 1.165) is 14.2 Å². The summed E-state index contributed by atoms with van der Waals surface area (Å²) in [5, 5.41) is 13.7. The molecule has 2 saturated heterocycles. The summed E-state index contributed by atoms with van der Waals surface area (Å²) in [5.74, 6) is -5.81. The van der Waals surface area contributed by atoms with Crippen LogP contribution in [0.1, 0.15) is 29.9 Å². The number of amides is 4. The number of carbonyl (C=O) groups excluding carboxylic acids is 4. The van der Waals surface area contributed by atoms with Crippen LogP contribution in [0.4, 0.5) is 15.8 Å². The minimum Gasteiger partial charge on any atom is -0.507 e. The number of rotatable bonds is 5. The van der Waals surface area contributed by atoms with Crippen molar-refractivity contribution in [2.75, 3.05) is 10.3 Å². The molecule has 2 aliphatic carbocycles. The highest BCUT2D eigenvalue weighted by Gasteiger charge is 2.70. The molecular weight excluding hydrogens is 808 g/mol. The fraction of sp³-hybridized carbons (Fsp3) is 0.190. The number of allylic oxidation sites excluding steroid dienone is 2. The number of hydrogen-bond donors (Lipinski definition) is 2. The van der Waals surface area contributed by atoms with Crippen molar-refractivity contribution in [2.24, 2.45) is 23.7 Å². The van der Waals surface area contributed by atoms with Gasteiger partial charge in [-0.3, -0.25) is 29.5 Å². The van der Waals surface area contributed by atoms with Crippen LogP contribution >= 0.6 is 34.2 Å². The van der Waals surface area contributed by atoms with Crippen LogP contribution in [0.5, 0.6) is 5.75 Å². The van der Waals surface area contributed by atoms with Crippen molar-refractivity contribution in [2.45, 2.75) is 24.2 Å². The van der Waals surface area contributed by atoms with E-state index in [1.807, 2.05) is 36.4 Å². The number of benzene rings is 5. The molecule has 264 valence electrons. The number of phenols is 1. The van der Waals surface area contributed by atoms with Crippen LogP contribution in [0.15, 0.2) is 121 Å². The van der Waals surface area contributed by atoms with E-state index in [4.69, 9.17) is 11.6 Å². The number of halogens is 3. The molecule has 9 rings (SSSR count). The molecule has 6 atom stereocenters. The molecule has 2 aliphatic heterocycles. The Hall–Kier alpha value is -5.07. The predicted octanol–water partition coefficient (Wildman–Crippen LogP) is 8.13. The zero-order valence-electron chi connectivity index (χ0n) is 27.9. The number of aromatic hydroxyl groups is 1. The second-order valence-corrected chi connectivity index (χ2v) is 15.8. The van der Waals surface area contributed by atoms with Crippen LogP contribution in [0.25, 0.3) is 10.8 Å². The topological polar surface area (TPSA) is 107 Å². The number of imide groups is 2. The Kier molecular flexibility index (Phi) is 7.97. The molecule has 53 heavy (non-hydrogen) atoms. The molecular formula is C42H30ClFIN3O5. The Bertz CT molecular complexity index is 2400. The van der Waals surface area contributed by atoms with E-state index in [-0.39, 0.29) is 30.4 Å². The van der Waals surface area contributed by atoms with Gasteiger partial charge in [0.15, 0.2) is 0 Å². The van der Waals surface area contributed by atoms with Crippen LogP contribution in [0.3, 0.4) is 0 Å². The van der Waals surface area contributed by atoms with Gasteiger partial charge < -0.3 is 5.11 Å². The monoisotopic (exact) mass is 837 g/mol. The van der Waals surface area contributed by atoms with Gasteiger partial charge in [-0.25, -0.2) is 4.39 Å². The van der Waals surface area contributed by atoms with Crippen molar-refractivity contribution in [3.8, 4) is 5.75 Å². The molecule has 4 aliphatic rings. The summed E-state index contributed by atoms with van der Waals surface area (Å²) in [5.41, 5.74) is 4.33. The number of fused-ring (bicyclic) bond motifs is 5. The highest BCUT2D eigenvalue weighted by molar-refractivity contribution is 14.1. The first-order chi connectivity index (χ1) is 25.6. The quantitative estimate of drug-likeness (QED) is 0.105. The molecule has 8 nitrogen and oxygen atoms in total. The Morgan fingerprint density at radius 1 is 0.792 bits per heavy atom. The third-order valence-electron chi connectivity index (χ3n) is 11.6. The van der Waals surface area contributed by atoms with Crippen LogP contribution in [-0.4, -0.2) is 33.7 Å². The molecule has 11 heteroatoms. The standard InChI is InChI=1S/C42H30ClFIN3O5/c43-23-7-5-22(6-8-23)42-34(39(51)48(41(42)53)46-26-13-9-24(44)10-14-26)21-33-31(37(42)30-19-20-35(49)29-4-2-1-3-28(29)30)17-18-32-36(33)40(52)47(38(32)50)27-15-11-25(45)12-16-27/h1-17,19-20,32-34,36-37,46,49H,18,21H2. The second kappa shape index (κ2) is 12.5. The van der Waals surface area contributed by atoms with Crippen LogP contribution in [-0.2, 0) is 24.6 Å². The summed E-state index contributed by atoms with van der Waals surface area (Å²) in [4.78, 5) is 60.3. The lowest BCUT2D eigenvalue weighted by molar-refractivity contribution is -0.138. The third kappa shape index (κ3) is 4.98. The minimum atomic E-state index is -1.54. The summed E-state index contributed by atoms with van der Waals surface area (Å²) in [6.45, 7) is 0. The molecule has 0 spiro atoms. The number of carbonyl (C=O) groups is 4. The maximum absolute atomic E-state index is 15.4. The van der Waals surface area contributed by atoms with Crippen LogP contribution < -0.4 is 10.3 Å². The molecule has 5 aromatic carbocycles. The van der Waals surface area contributed by atoms with Gasteiger partial charge in [-0.2, -0.15) is 5.01 Å². The van der Waals surface area contributed by atoms with Gasteiger partial charge in [-0.1, -0.05) is 65.7 Å². The smallest absolute Gasteiger partial charge is 0.260 e. The summed E-state index contributed by atoms with van der Waals surface area (Å²) < 4.78 is 14.9. The lowest BCUT2D eigenvalue weighted by atomic mass is 9.49. The van der Waals surface area contributed by atoms with Gasteiger partial charge in [0.05, 0.1) is 34.5 Å². The predicted molar refractivity (Wildman–Crippen MR) is 206 cm³/mol. The number of nitrogens with zero attached hydrogens (tertiary/aromatic N) is 2. The fourth-order valence-corrected chi connectivity index (χ4v) is 9.89. The van der Waals surface area contributed by atoms with Crippen molar-refractivity contribution in [1.29, 1.82) is 0 Å². The van der Waals surface area contributed by atoms with Gasteiger partial charge in [0.25, 0.3) is 11.8 Å². The molecule has 0 bridgehead atoms. The van der Waals surface area contributed by atoms with Gasteiger partial charge >= 0.3 is 0 Å². The van der Waals surface area contributed by atoms with Crippen molar-refractivity contribution >= 4 is 80.0 Å². The normalized spacial score (nSPS) is 26.4. The number of anilines is 2. The van der Waals surface area contributed by atoms with E-state index in [1.54, 1.807) is 54.6 Å². The van der Waals surface area contributed by atoms with Gasteiger partial charge in [0.1, 0.15) is 11.6 Å². The second-order valence-electron chi connectivity index (χ2n) is 14.1. The highest BCUT2D eigenvalue weighted by Crippen LogP contribution is 2.65. The van der Waals surface area contributed by atoms with Crippen LogP contribution in [0, 0.1) is 33.1 Å². The first-order valence-corrected chi connectivity index (χ1v) is 18.8. The van der Waals surface area contributed by atoms with E-state index in [9.17, 15) is 23.9 Å². The fourth-order valence-electron chi connectivity index (χ4n) is 9.40. The average Bonchev–Trinajstić information content (AvgIpc) is 3.54. The largest absolute Gasteiger partial charge is 0.507 e. The summed E-state index contributed by atoms with van der Waals surface area (Å²) in [6, 6.07) is 30.3. The number of nitrogens with one attached hydrogen (secondary N) is 1. The van der Waals surface area contributed by atoms with Gasteiger partial charge in [-0.15, -0.1) is 0 Å². The van der Waals surface area contributed by atoms with E-state index in [0.29, 0.717) is 38.3 Å². The molecule has 6 unspecified atom stereocenters. The van der Waals surface area contributed by atoms with Crippen LogP contribution in [0.2, 0.25) is 5.02 Å². The molecule has 4 amide bonds. The maximum Gasteiger partial charge on any atom is 0.260 e. The lowest BCUT2D eigenvalue weighted by Crippen LogP contribution is -2.53. The number of phenolic OH excluding ortho intramolecular Hbond substituents is 1. The highest BCUT2D eigenvalue weighted by atomic mass is 127. The maximum atomic E-state index is 15.4. The Morgan fingerprint density at radius 3 is 2.21 bits per heavy atom. The zero-order chi connectivity index (χ0) is 36.8. The molecule has 3 fully saturated rings. The zero-order valence-corrected chi connectivity index (χ0v) is 30.8. The average molecular weight is 838 g/mol. The Labute approximate surface area is 322 Å². The molecule has 5 aromatic rings. The molecule has 2 N–H and O–H groups in total. The minimum absolute atomic E-state index is 0.0599. The first-order valence-electron chi connectivity index (χ1n) is 17.3. The van der Waals surface area contributed by atoms with E-state index in [2.05, 4.69) is 28.0 Å². The first kappa shape index (κ1) is 33.7. The molecule has 0 aromatic heterocycles. The van der Waals surface area contributed by atoms with Crippen molar-refractivity contribution in [3.05, 3.63) is 146 Å². The SMILES string of the molecule is O=C1C2CC3C(=CCC4C(=O)N(c5ccc(I)cc5)C(=O)C43)C(c3ccc(O)c4ccccc34)C2(c2ccc(Cl)cc2)C(=O)N1Nc1ccc(F)cc1. The lowest BCUT2D eigenvalue weighted by Gasteiger charge is -2.51. The van der Waals surface area contributed by atoms with Gasteiger partial charge in [0.2, 0.25) is 11.8 Å². The third-order valence-corrected chi connectivity index (χ3v) is 12.6. The molecule has 2 heterocycles. The summed E-state index contributed by atoms with van der Waals surface area (Å²) in [6.07, 6.45) is 2.39. The molecule has 1 saturated carbocycles. The van der Waals surface area contributed by atoms with E-state index < -0.39 is 52.6 Å². The van der Waals surface area contributed by atoms with Crippen molar-refractivity contribution in [1.82, 2.24) is 5.01 Å².